The summed E-state index contributed by atoms with van der Waals surface area (Å²) in [6.07, 6.45) is 2.78. The average Bonchev–Trinajstić information content (AvgIpc) is 2.85. The van der Waals surface area contributed by atoms with Crippen molar-refractivity contribution in [3.05, 3.63) is 71.7 Å². The fourth-order valence-corrected chi connectivity index (χ4v) is 2.68. The number of amides is 1. The van der Waals surface area contributed by atoms with Gasteiger partial charge in [0, 0.05) is 30.7 Å². The molecular weight excluding hydrogens is 279 g/mol. The number of carbonyl (C=O) groups is 1. The van der Waals surface area contributed by atoms with Crippen molar-refractivity contribution >= 4 is 16.8 Å². The van der Waals surface area contributed by atoms with Crippen molar-refractivity contribution in [2.24, 2.45) is 7.05 Å². The predicted octanol–water partition coefficient (Wildman–Crippen LogP) is 3.29. The van der Waals surface area contributed by atoms with Crippen LogP contribution < -0.4 is 5.32 Å². The van der Waals surface area contributed by atoms with E-state index in [-0.39, 0.29) is 11.5 Å². The van der Waals surface area contributed by atoms with Crippen molar-refractivity contribution in [2.45, 2.75) is 6.42 Å². The Balaban J connectivity index is 1.68. The molecule has 0 bridgehead atoms. The number of rotatable bonds is 4. The van der Waals surface area contributed by atoms with Gasteiger partial charge in [0.2, 0.25) is 0 Å². The van der Waals surface area contributed by atoms with Crippen molar-refractivity contribution in [3.8, 4) is 0 Å². The number of nitrogens with zero attached hydrogens (tertiary/aromatic N) is 1. The molecule has 0 unspecified atom stereocenters. The summed E-state index contributed by atoms with van der Waals surface area (Å²) in [6.45, 7) is 0.473. The third kappa shape index (κ3) is 2.72. The molecule has 1 aromatic heterocycles. The van der Waals surface area contributed by atoms with E-state index in [0.717, 1.165) is 5.52 Å². The highest BCUT2D eigenvalue weighted by Gasteiger charge is 2.11. The van der Waals surface area contributed by atoms with Gasteiger partial charge in [-0.05, 0) is 30.2 Å². The second-order valence-corrected chi connectivity index (χ2v) is 5.27. The Morgan fingerprint density at radius 1 is 1.14 bits per heavy atom. The van der Waals surface area contributed by atoms with E-state index >= 15 is 0 Å². The molecule has 1 amide bonds. The molecule has 3 aromatic rings. The molecule has 2 aromatic carbocycles. The van der Waals surface area contributed by atoms with Gasteiger partial charge >= 0.3 is 0 Å². The number of hydrogen-bond acceptors (Lipinski definition) is 1. The van der Waals surface area contributed by atoms with Gasteiger partial charge in [-0.25, -0.2) is 4.39 Å². The molecular formula is C18H17FN2O. The van der Waals surface area contributed by atoms with Crippen LogP contribution in [-0.2, 0) is 13.5 Å². The minimum Gasteiger partial charge on any atom is -0.352 e. The van der Waals surface area contributed by atoms with Crippen molar-refractivity contribution in [2.75, 3.05) is 6.54 Å². The molecule has 3 rings (SSSR count). The van der Waals surface area contributed by atoms with E-state index in [4.69, 9.17) is 0 Å². The van der Waals surface area contributed by atoms with E-state index in [9.17, 15) is 9.18 Å². The number of nitrogens with one attached hydrogen (secondary N) is 1. The highest BCUT2D eigenvalue weighted by Crippen LogP contribution is 2.20. The Bertz CT molecular complexity index is 823. The third-order valence-corrected chi connectivity index (χ3v) is 3.78. The molecule has 0 radical (unpaired) electrons. The maximum absolute atomic E-state index is 13.5. The first-order valence-electron chi connectivity index (χ1n) is 7.22. The zero-order valence-corrected chi connectivity index (χ0v) is 12.3. The second kappa shape index (κ2) is 6.02. The second-order valence-electron chi connectivity index (χ2n) is 5.27. The van der Waals surface area contributed by atoms with Gasteiger partial charge in [0.15, 0.2) is 0 Å². The summed E-state index contributed by atoms with van der Waals surface area (Å²) in [5, 5.41) is 3.96. The van der Waals surface area contributed by atoms with Crippen LogP contribution >= 0.6 is 0 Å². The summed E-state index contributed by atoms with van der Waals surface area (Å²) in [5.41, 5.74) is 2.42. The molecule has 0 aliphatic rings. The van der Waals surface area contributed by atoms with Crippen molar-refractivity contribution in [1.82, 2.24) is 9.88 Å². The smallest absolute Gasteiger partial charge is 0.254 e. The lowest BCUT2D eigenvalue weighted by atomic mass is 10.1. The molecule has 0 aliphatic heterocycles. The molecule has 0 aliphatic carbocycles. The number of fused-ring (bicyclic) bond motifs is 1. The molecule has 3 nitrogen and oxygen atoms in total. The first kappa shape index (κ1) is 14.3. The van der Waals surface area contributed by atoms with Gasteiger partial charge in [-0.15, -0.1) is 0 Å². The standard InChI is InChI=1S/C18H17FN2O/c1-21-12-13(14-6-3-5-9-17(14)21)10-11-20-18(22)15-7-2-4-8-16(15)19/h2-9,12H,10-11H2,1H3,(H,20,22). The number of carbonyl (C=O) groups excluding carboxylic acids is 1. The van der Waals surface area contributed by atoms with Gasteiger partial charge in [0.05, 0.1) is 5.56 Å². The summed E-state index contributed by atoms with van der Waals surface area (Å²) in [4.78, 5) is 12.0. The Morgan fingerprint density at radius 2 is 1.86 bits per heavy atom. The molecule has 0 saturated carbocycles. The maximum Gasteiger partial charge on any atom is 0.254 e. The first-order valence-corrected chi connectivity index (χ1v) is 7.22. The normalized spacial score (nSPS) is 10.8. The van der Waals surface area contributed by atoms with Crippen LogP contribution in [0.2, 0.25) is 0 Å². The number of halogens is 1. The fraction of sp³-hybridized carbons (Fsp3) is 0.167. The van der Waals surface area contributed by atoms with E-state index in [2.05, 4.69) is 28.2 Å². The molecule has 0 fully saturated rings. The van der Waals surface area contributed by atoms with E-state index in [1.165, 1.54) is 23.1 Å². The Labute approximate surface area is 128 Å². The van der Waals surface area contributed by atoms with Crippen LogP contribution in [-0.4, -0.2) is 17.0 Å². The molecule has 0 atom stereocenters. The molecule has 112 valence electrons. The zero-order chi connectivity index (χ0) is 15.5. The number of aryl methyl sites for hydroxylation is 1. The number of benzene rings is 2. The molecule has 1 N–H and O–H groups in total. The highest BCUT2D eigenvalue weighted by atomic mass is 19.1. The van der Waals surface area contributed by atoms with Crippen LogP contribution in [0.25, 0.3) is 10.9 Å². The molecule has 1 heterocycles. The van der Waals surface area contributed by atoms with E-state index < -0.39 is 5.82 Å². The largest absolute Gasteiger partial charge is 0.352 e. The number of aromatic nitrogens is 1. The quantitative estimate of drug-likeness (QED) is 0.787. The van der Waals surface area contributed by atoms with Gasteiger partial charge in [-0.3, -0.25) is 4.79 Å². The minimum absolute atomic E-state index is 0.0837. The summed E-state index contributed by atoms with van der Waals surface area (Å²) in [5.74, 6) is -0.872. The third-order valence-electron chi connectivity index (χ3n) is 3.78. The van der Waals surface area contributed by atoms with Crippen molar-refractivity contribution in [3.63, 3.8) is 0 Å². The van der Waals surface area contributed by atoms with Gasteiger partial charge < -0.3 is 9.88 Å². The van der Waals surface area contributed by atoms with Gasteiger partial charge in [-0.2, -0.15) is 0 Å². The average molecular weight is 296 g/mol. The summed E-state index contributed by atoms with van der Waals surface area (Å²) in [7, 11) is 2.00. The Morgan fingerprint density at radius 3 is 2.68 bits per heavy atom. The fourth-order valence-electron chi connectivity index (χ4n) is 2.68. The van der Waals surface area contributed by atoms with Crippen LogP contribution in [0.5, 0.6) is 0 Å². The Hall–Kier alpha value is -2.62. The first-order chi connectivity index (χ1) is 10.7. The van der Waals surface area contributed by atoms with Crippen molar-refractivity contribution < 1.29 is 9.18 Å². The van der Waals surface area contributed by atoms with Gasteiger partial charge in [0.1, 0.15) is 5.82 Å². The lowest BCUT2D eigenvalue weighted by Crippen LogP contribution is -2.26. The van der Waals surface area contributed by atoms with Crippen LogP contribution in [0.4, 0.5) is 4.39 Å². The van der Waals surface area contributed by atoms with Crippen LogP contribution in [0.15, 0.2) is 54.7 Å². The molecule has 0 saturated heterocycles. The molecule has 4 heteroatoms. The predicted molar refractivity (Wildman–Crippen MR) is 85.4 cm³/mol. The summed E-state index contributed by atoms with van der Waals surface area (Å²) < 4.78 is 15.6. The molecule has 0 spiro atoms. The Kier molecular flexibility index (Phi) is 3.92. The van der Waals surface area contributed by atoms with Gasteiger partial charge in [-0.1, -0.05) is 30.3 Å². The van der Waals surface area contributed by atoms with Crippen LogP contribution in [0.1, 0.15) is 15.9 Å². The topological polar surface area (TPSA) is 34.0 Å². The maximum atomic E-state index is 13.5. The summed E-state index contributed by atoms with van der Waals surface area (Å²) in [6, 6.07) is 14.2. The SMILES string of the molecule is Cn1cc(CCNC(=O)c2ccccc2F)c2ccccc21. The lowest BCUT2D eigenvalue weighted by Gasteiger charge is -2.05. The lowest BCUT2D eigenvalue weighted by molar-refractivity contribution is 0.0950. The zero-order valence-electron chi connectivity index (χ0n) is 12.3. The van der Waals surface area contributed by atoms with E-state index in [1.807, 2.05) is 19.2 Å². The van der Waals surface area contributed by atoms with Crippen LogP contribution in [0.3, 0.4) is 0 Å². The van der Waals surface area contributed by atoms with Crippen molar-refractivity contribution in [1.29, 1.82) is 0 Å². The monoisotopic (exact) mass is 296 g/mol. The van der Waals surface area contributed by atoms with E-state index in [1.54, 1.807) is 12.1 Å². The highest BCUT2D eigenvalue weighted by molar-refractivity contribution is 5.94. The minimum atomic E-state index is -0.495. The number of hydrogen-bond donors (Lipinski definition) is 1. The van der Waals surface area contributed by atoms with E-state index in [0.29, 0.717) is 13.0 Å². The summed E-state index contributed by atoms with van der Waals surface area (Å²) >= 11 is 0. The van der Waals surface area contributed by atoms with Crippen LogP contribution in [0, 0.1) is 5.82 Å². The number of para-hydroxylation sites is 1. The molecule has 22 heavy (non-hydrogen) atoms. The van der Waals surface area contributed by atoms with Gasteiger partial charge in [0.25, 0.3) is 5.91 Å².